The van der Waals surface area contributed by atoms with Crippen LogP contribution in [-0.4, -0.2) is 42.5 Å². The van der Waals surface area contributed by atoms with Gasteiger partial charge in [0.15, 0.2) is 0 Å². The van der Waals surface area contributed by atoms with Crippen LogP contribution < -0.4 is 5.32 Å². The molecule has 0 aromatic heterocycles. The fraction of sp³-hybridized carbons (Fsp3) is 0.769. The Balaban J connectivity index is 2.48. The number of hydrogen-bond donors (Lipinski definition) is 1. The van der Waals surface area contributed by atoms with Gasteiger partial charge in [-0.1, -0.05) is 20.3 Å². The van der Waals surface area contributed by atoms with Crippen LogP contribution in [-0.2, 0) is 14.3 Å². The van der Waals surface area contributed by atoms with E-state index in [4.69, 9.17) is 4.74 Å². The fourth-order valence-electron chi connectivity index (χ4n) is 1.99. The summed E-state index contributed by atoms with van der Waals surface area (Å²) in [6.07, 6.45) is 2.73. The number of barbiturate groups is 1. The molecule has 1 aliphatic heterocycles. The summed E-state index contributed by atoms with van der Waals surface area (Å²) in [5.41, 5.74) is 0. The minimum Gasteiger partial charge on any atom is -0.381 e. The highest BCUT2D eigenvalue weighted by Crippen LogP contribution is 2.16. The van der Waals surface area contributed by atoms with E-state index in [-0.39, 0.29) is 5.91 Å². The second kappa shape index (κ2) is 7.89. The molecule has 0 bridgehead atoms. The number of nitrogens with one attached hydrogen (secondary N) is 1. The van der Waals surface area contributed by atoms with Gasteiger partial charge in [-0.3, -0.25) is 19.8 Å². The molecule has 0 aromatic rings. The van der Waals surface area contributed by atoms with Crippen molar-refractivity contribution in [2.45, 2.75) is 39.5 Å². The largest absolute Gasteiger partial charge is 0.381 e. The second-order valence-corrected chi connectivity index (χ2v) is 4.59. The highest BCUT2D eigenvalue weighted by Gasteiger charge is 2.39. The summed E-state index contributed by atoms with van der Waals surface area (Å²) in [6.45, 7) is 5.40. The molecule has 4 amide bonds. The summed E-state index contributed by atoms with van der Waals surface area (Å²) in [5.74, 6) is -1.58. The number of carbonyl (C=O) groups is 3. The van der Waals surface area contributed by atoms with Gasteiger partial charge in [-0.2, -0.15) is 0 Å². The molecule has 19 heavy (non-hydrogen) atoms. The van der Waals surface area contributed by atoms with E-state index in [1.807, 2.05) is 13.8 Å². The predicted octanol–water partition coefficient (Wildman–Crippen LogP) is 1.30. The Labute approximate surface area is 113 Å². The zero-order valence-corrected chi connectivity index (χ0v) is 11.6. The lowest BCUT2D eigenvalue weighted by Gasteiger charge is -2.29. The van der Waals surface area contributed by atoms with Gasteiger partial charge in [-0.15, -0.1) is 0 Å². The number of urea groups is 1. The van der Waals surface area contributed by atoms with Gasteiger partial charge in [0, 0.05) is 19.8 Å². The Kier molecular flexibility index (Phi) is 6.49. The van der Waals surface area contributed by atoms with Crippen LogP contribution in [0.4, 0.5) is 4.79 Å². The lowest BCUT2D eigenvalue weighted by Crippen LogP contribution is -2.58. The van der Waals surface area contributed by atoms with E-state index in [0.29, 0.717) is 32.6 Å². The van der Waals surface area contributed by atoms with Crippen LogP contribution in [0.25, 0.3) is 0 Å². The van der Waals surface area contributed by atoms with E-state index in [0.717, 1.165) is 17.7 Å². The normalized spacial score (nSPS) is 19.8. The molecule has 6 nitrogen and oxygen atoms in total. The number of ether oxygens (including phenoxy) is 1. The Morgan fingerprint density at radius 3 is 2.53 bits per heavy atom. The first-order valence-corrected chi connectivity index (χ1v) is 6.85. The number of carbonyl (C=O) groups excluding carboxylic acids is 3. The van der Waals surface area contributed by atoms with E-state index >= 15 is 0 Å². The Morgan fingerprint density at radius 2 is 1.89 bits per heavy atom. The first kappa shape index (κ1) is 15.6. The maximum atomic E-state index is 12.1. The third-order valence-electron chi connectivity index (χ3n) is 2.95. The SMILES string of the molecule is CCCOCCCN1C(=O)NC(=O)C(CCC)C1=O. The third-order valence-corrected chi connectivity index (χ3v) is 2.95. The van der Waals surface area contributed by atoms with E-state index in [2.05, 4.69) is 5.32 Å². The zero-order valence-electron chi connectivity index (χ0n) is 11.6. The van der Waals surface area contributed by atoms with E-state index < -0.39 is 17.9 Å². The minimum atomic E-state index is -0.723. The van der Waals surface area contributed by atoms with Crippen molar-refractivity contribution in [3.63, 3.8) is 0 Å². The number of amides is 4. The first-order valence-electron chi connectivity index (χ1n) is 6.85. The van der Waals surface area contributed by atoms with E-state index in [1.54, 1.807) is 0 Å². The molecule has 0 aromatic carbocycles. The van der Waals surface area contributed by atoms with Gasteiger partial charge in [-0.25, -0.2) is 4.79 Å². The second-order valence-electron chi connectivity index (χ2n) is 4.59. The molecule has 1 aliphatic rings. The number of rotatable bonds is 8. The van der Waals surface area contributed by atoms with E-state index in [9.17, 15) is 14.4 Å². The zero-order chi connectivity index (χ0) is 14.3. The van der Waals surface area contributed by atoms with Crippen molar-refractivity contribution in [2.24, 2.45) is 5.92 Å². The molecule has 108 valence electrons. The van der Waals surface area contributed by atoms with Gasteiger partial charge < -0.3 is 4.74 Å². The quantitative estimate of drug-likeness (QED) is 0.533. The third kappa shape index (κ3) is 4.31. The lowest BCUT2D eigenvalue weighted by molar-refractivity contribution is -0.143. The Bertz CT molecular complexity index is 344. The molecule has 1 rings (SSSR count). The Hall–Kier alpha value is -1.43. The van der Waals surface area contributed by atoms with Crippen molar-refractivity contribution >= 4 is 17.8 Å². The molecule has 6 heteroatoms. The summed E-state index contributed by atoms with van der Waals surface area (Å²) < 4.78 is 5.30. The standard InChI is InChI=1S/C13H22N2O4/c1-3-6-10-11(16)14-13(18)15(12(10)17)7-5-9-19-8-4-2/h10H,3-9H2,1-2H3,(H,14,16,18). The summed E-state index contributed by atoms with van der Waals surface area (Å²) in [6, 6.07) is -0.613. The van der Waals surface area contributed by atoms with Crippen molar-refractivity contribution in [1.82, 2.24) is 10.2 Å². The molecule has 1 atom stereocenters. The molecule has 0 saturated carbocycles. The summed E-state index contributed by atoms with van der Waals surface area (Å²) in [4.78, 5) is 36.4. The maximum absolute atomic E-state index is 12.1. The highest BCUT2D eigenvalue weighted by molar-refractivity contribution is 6.16. The van der Waals surface area contributed by atoms with Gasteiger partial charge in [0.25, 0.3) is 0 Å². The molecule has 1 heterocycles. The number of imide groups is 2. The van der Waals surface area contributed by atoms with Gasteiger partial charge >= 0.3 is 6.03 Å². The van der Waals surface area contributed by atoms with Crippen molar-refractivity contribution in [3.05, 3.63) is 0 Å². The topological polar surface area (TPSA) is 75.7 Å². The molecule has 1 N–H and O–H groups in total. The molecule has 1 unspecified atom stereocenters. The smallest absolute Gasteiger partial charge is 0.330 e. The Morgan fingerprint density at radius 1 is 1.16 bits per heavy atom. The van der Waals surface area contributed by atoms with Crippen LogP contribution in [0.3, 0.4) is 0 Å². The molecule has 0 aliphatic carbocycles. The summed E-state index contributed by atoms with van der Waals surface area (Å²) in [7, 11) is 0. The molecular weight excluding hydrogens is 248 g/mol. The fourth-order valence-corrected chi connectivity index (χ4v) is 1.99. The first-order chi connectivity index (χ1) is 9.11. The molecular formula is C13H22N2O4. The van der Waals surface area contributed by atoms with Gasteiger partial charge in [0.2, 0.25) is 11.8 Å². The summed E-state index contributed by atoms with van der Waals surface area (Å²) >= 11 is 0. The molecule has 1 saturated heterocycles. The van der Waals surface area contributed by atoms with Crippen LogP contribution in [0.15, 0.2) is 0 Å². The van der Waals surface area contributed by atoms with Crippen LogP contribution in [0.5, 0.6) is 0 Å². The monoisotopic (exact) mass is 270 g/mol. The molecule has 0 spiro atoms. The van der Waals surface area contributed by atoms with Gasteiger partial charge in [0.05, 0.1) is 0 Å². The van der Waals surface area contributed by atoms with Crippen LogP contribution in [0, 0.1) is 5.92 Å². The predicted molar refractivity (Wildman–Crippen MR) is 69.4 cm³/mol. The maximum Gasteiger partial charge on any atom is 0.330 e. The van der Waals surface area contributed by atoms with Crippen molar-refractivity contribution < 1.29 is 19.1 Å². The van der Waals surface area contributed by atoms with Gasteiger partial charge in [0.1, 0.15) is 5.92 Å². The van der Waals surface area contributed by atoms with Crippen molar-refractivity contribution in [2.75, 3.05) is 19.8 Å². The highest BCUT2D eigenvalue weighted by atomic mass is 16.5. The number of hydrogen-bond acceptors (Lipinski definition) is 4. The average Bonchev–Trinajstić information content (AvgIpc) is 2.37. The van der Waals surface area contributed by atoms with Crippen LogP contribution in [0.2, 0.25) is 0 Å². The molecule has 1 fully saturated rings. The van der Waals surface area contributed by atoms with Crippen LogP contribution >= 0.6 is 0 Å². The van der Waals surface area contributed by atoms with Crippen molar-refractivity contribution in [1.29, 1.82) is 0 Å². The summed E-state index contributed by atoms with van der Waals surface area (Å²) in [5, 5.41) is 2.23. The van der Waals surface area contributed by atoms with Crippen molar-refractivity contribution in [3.8, 4) is 0 Å². The van der Waals surface area contributed by atoms with Crippen LogP contribution in [0.1, 0.15) is 39.5 Å². The van der Waals surface area contributed by atoms with Gasteiger partial charge in [-0.05, 0) is 19.3 Å². The lowest BCUT2D eigenvalue weighted by atomic mass is 9.99. The minimum absolute atomic E-state index is 0.294. The molecule has 0 radical (unpaired) electrons. The van der Waals surface area contributed by atoms with E-state index in [1.165, 1.54) is 0 Å². The average molecular weight is 270 g/mol. The number of nitrogens with zero attached hydrogens (tertiary/aromatic N) is 1.